The molecule has 17 heavy (non-hydrogen) atoms. The van der Waals surface area contributed by atoms with Crippen molar-refractivity contribution in [3.05, 3.63) is 35.6 Å². The normalized spacial score (nSPS) is 10.3. The Hall–Kier alpha value is -1.42. The second kappa shape index (κ2) is 7.01. The minimum Gasteiger partial charge on any atom is -0.380 e. The Kier molecular flexibility index (Phi) is 5.63. The lowest BCUT2D eigenvalue weighted by atomic mass is 10.2. The quantitative estimate of drug-likeness (QED) is 0.713. The van der Waals surface area contributed by atoms with Gasteiger partial charge in [-0.2, -0.15) is 0 Å². The summed E-state index contributed by atoms with van der Waals surface area (Å²) >= 11 is 0. The summed E-state index contributed by atoms with van der Waals surface area (Å²) in [6, 6.07) is 5.59. The Labute approximate surface area is 101 Å². The van der Waals surface area contributed by atoms with Crippen molar-refractivity contribution in [2.75, 3.05) is 26.3 Å². The van der Waals surface area contributed by atoms with Gasteiger partial charge in [0.1, 0.15) is 5.82 Å². The lowest BCUT2D eigenvalue weighted by Crippen LogP contribution is -2.33. The molecule has 1 amide bonds. The molecule has 0 aliphatic rings. The van der Waals surface area contributed by atoms with Gasteiger partial charge in [0.15, 0.2) is 0 Å². The van der Waals surface area contributed by atoms with E-state index in [0.717, 1.165) is 0 Å². The maximum atomic E-state index is 12.7. The van der Waals surface area contributed by atoms with Gasteiger partial charge in [0, 0.05) is 25.3 Å². The van der Waals surface area contributed by atoms with Gasteiger partial charge in [0.25, 0.3) is 5.91 Å². The van der Waals surface area contributed by atoms with E-state index in [1.807, 2.05) is 13.8 Å². The summed E-state index contributed by atoms with van der Waals surface area (Å²) in [4.78, 5) is 13.7. The highest BCUT2D eigenvalue weighted by atomic mass is 19.1. The van der Waals surface area contributed by atoms with Crippen molar-refractivity contribution in [3.8, 4) is 0 Å². The number of likely N-dealkylation sites (N-methyl/N-ethyl adjacent to an activating group) is 1. The van der Waals surface area contributed by atoms with Crippen LogP contribution < -0.4 is 0 Å². The van der Waals surface area contributed by atoms with Crippen LogP contribution >= 0.6 is 0 Å². The number of carbonyl (C=O) groups excluding carboxylic acids is 1. The number of hydrogen-bond acceptors (Lipinski definition) is 2. The van der Waals surface area contributed by atoms with Gasteiger partial charge in [-0.3, -0.25) is 4.79 Å². The molecule has 0 atom stereocenters. The topological polar surface area (TPSA) is 29.5 Å². The summed E-state index contributed by atoms with van der Waals surface area (Å²) in [7, 11) is 0. The van der Waals surface area contributed by atoms with E-state index >= 15 is 0 Å². The van der Waals surface area contributed by atoms with Gasteiger partial charge in [-0.1, -0.05) is 0 Å². The molecule has 1 rings (SSSR count). The largest absolute Gasteiger partial charge is 0.380 e. The van der Waals surface area contributed by atoms with Gasteiger partial charge in [-0.25, -0.2) is 4.39 Å². The highest BCUT2D eigenvalue weighted by molar-refractivity contribution is 5.94. The third-order valence-corrected chi connectivity index (χ3v) is 2.47. The first-order chi connectivity index (χ1) is 8.19. The Morgan fingerprint density at radius 3 is 2.47 bits per heavy atom. The SMILES string of the molecule is CCOCCN(CC)C(=O)c1ccc(F)cc1. The number of rotatable bonds is 6. The summed E-state index contributed by atoms with van der Waals surface area (Å²) in [5.41, 5.74) is 0.504. The number of carbonyl (C=O) groups is 1. The van der Waals surface area contributed by atoms with Crippen molar-refractivity contribution >= 4 is 5.91 Å². The van der Waals surface area contributed by atoms with Crippen LogP contribution in [-0.2, 0) is 4.74 Å². The molecule has 0 aromatic heterocycles. The second-order valence-electron chi connectivity index (χ2n) is 3.59. The number of benzene rings is 1. The average molecular weight is 239 g/mol. The smallest absolute Gasteiger partial charge is 0.253 e. The first kappa shape index (κ1) is 13.6. The molecule has 0 saturated heterocycles. The van der Waals surface area contributed by atoms with Crippen LogP contribution in [0.3, 0.4) is 0 Å². The molecule has 1 aromatic carbocycles. The van der Waals surface area contributed by atoms with Crippen LogP contribution in [0.5, 0.6) is 0 Å². The van der Waals surface area contributed by atoms with Crippen LogP contribution in [0.1, 0.15) is 24.2 Å². The Balaban J connectivity index is 2.62. The maximum Gasteiger partial charge on any atom is 0.253 e. The summed E-state index contributed by atoms with van der Waals surface area (Å²) in [6.45, 7) is 6.16. The fraction of sp³-hybridized carbons (Fsp3) is 0.462. The van der Waals surface area contributed by atoms with Crippen molar-refractivity contribution in [1.82, 2.24) is 4.90 Å². The van der Waals surface area contributed by atoms with E-state index in [1.54, 1.807) is 4.90 Å². The van der Waals surface area contributed by atoms with Crippen LogP contribution in [0.2, 0.25) is 0 Å². The molecule has 94 valence electrons. The van der Waals surface area contributed by atoms with Crippen LogP contribution in [0.25, 0.3) is 0 Å². The molecule has 0 bridgehead atoms. The van der Waals surface area contributed by atoms with Crippen LogP contribution in [0.15, 0.2) is 24.3 Å². The van der Waals surface area contributed by atoms with E-state index in [2.05, 4.69) is 0 Å². The molecular weight excluding hydrogens is 221 g/mol. The Bertz CT molecular complexity index is 351. The van der Waals surface area contributed by atoms with Crippen LogP contribution in [0.4, 0.5) is 4.39 Å². The highest BCUT2D eigenvalue weighted by Gasteiger charge is 2.13. The molecule has 0 saturated carbocycles. The number of halogens is 1. The van der Waals surface area contributed by atoms with Crippen molar-refractivity contribution < 1.29 is 13.9 Å². The van der Waals surface area contributed by atoms with Gasteiger partial charge in [-0.15, -0.1) is 0 Å². The van der Waals surface area contributed by atoms with Crippen molar-refractivity contribution in [2.45, 2.75) is 13.8 Å². The third kappa shape index (κ3) is 4.15. The summed E-state index contributed by atoms with van der Waals surface area (Å²) < 4.78 is 18.0. The first-order valence-electron chi connectivity index (χ1n) is 5.81. The Morgan fingerprint density at radius 1 is 1.29 bits per heavy atom. The average Bonchev–Trinajstić information content (AvgIpc) is 2.35. The zero-order chi connectivity index (χ0) is 12.7. The van der Waals surface area contributed by atoms with E-state index in [9.17, 15) is 9.18 Å². The van der Waals surface area contributed by atoms with Gasteiger partial charge >= 0.3 is 0 Å². The molecule has 0 aliphatic carbocycles. The first-order valence-corrected chi connectivity index (χ1v) is 5.81. The minimum absolute atomic E-state index is 0.0906. The maximum absolute atomic E-state index is 12.7. The fourth-order valence-corrected chi connectivity index (χ4v) is 1.50. The van der Waals surface area contributed by atoms with Crippen molar-refractivity contribution in [1.29, 1.82) is 0 Å². The molecule has 4 heteroatoms. The molecule has 1 aromatic rings. The molecule has 0 radical (unpaired) electrons. The van der Waals surface area contributed by atoms with Crippen LogP contribution in [0, 0.1) is 5.82 Å². The molecular formula is C13H18FNO2. The predicted molar refractivity (Wildman–Crippen MR) is 64.5 cm³/mol. The number of ether oxygens (including phenoxy) is 1. The predicted octanol–water partition coefficient (Wildman–Crippen LogP) is 2.32. The molecule has 0 aliphatic heterocycles. The van der Waals surface area contributed by atoms with Gasteiger partial charge in [0.05, 0.1) is 6.61 Å². The molecule has 0 spiro atoms. The van der Waals surface area contributed by atoms with Gasteiger partial charge < -0.3 is 9.64 Å². The third-order valence-electron chi connectivity index (χ3n) is 2.47. The zero-order valence-corrected chi connectivity index (χ0v) is 10.3. The number of amides is 1. The van der Waals surface area contributed by atoms with Crippen molar-refractivity contribution in [2.24, 2.45) is 0 Å². The fourth-order valence-electron chi connectivity index (χ4n) is 1.50. The van der Waals surface area contributed by atoms with E-state index < -0.39 is 0 Å². The Morgan fingerprint density at radius 2 is 1.94 bits per heavy atom. The van der Waals surface area contributed by atoms with Crippen molar-refractivity contribution in [3.63, 3.8) is 0 Å². The van der Waals surface area contributed by atoms with E-state index in [4.69, 9.17) is 4.74 Å². The van der Waals surface area contributed by atoms with E-state index in [-0.39, 0.29) is 11.7 Å². The summed E-state index contributed by atoms with van der Waals surface area (Å²) in [5, 5.41) is 0. The lowest BCUT2D eigenvalue weighted by Gasteiger charge is -2.20. The number of nitrogens with zero attached hydrogens (tertiary/aromatic N) is 1. The monoisotopic (exact) mass is 239 g/mol. The second-order valence-corrected chi connectivity index (χ2v) is 3.59. The molecule has 3 nitrogen and oxygen atoms in total. The van der Waals surface area contributed by atoms with Crippen LogP contribution in [-0.4, -0.2) is 37.1 Å². The van der Waals surface area contributed by atoms with E-state index in [1.165, 1.54) is 24.3 Å². The molecule has 0 fully saturated rings. The number of hydrogen-bond donors (Lipinski definition) is 0. The molecule has 0 heterocycles. The van der Waals surface area contributed by atoms with Gasteiger partial charge in [0.2, 0.25) is 0 Å². The minimum atomic E-state index is -0.334. The lowest BCUT2D eigenvalue weighted by molar-refractivity contribution is 0.0669. The standard InChI is InChI=1S/C13H18FNO2/c1-3-15(9-10-17-4-2)13(16)11-5-7-12(14)8-6-11/h5-8H,3-4,9-10H2,1-2H3. The summed E-state index contributed by atoms with van der Waals surface area (Å²) in [6.07, 6.45) is 0. The summed E-state index contributed by atoms with van der Waals surface area (Å²) in [5.74, 6) is -0.425. The molecule has 0 unspecified atom stereocenters. The van der Waals surface area contributed by atoms with E-state index in [0.29, 0.717) is 31.9 Å². The molecule has 0 N–H and O–H groups in total. The zero-order valence-electron chi connectivity index (χ0n) is 10.3. The highest BCUT2D eigenvalue weighted by Crippen LogP contribution is 2.06. The van der Waals surface area contributed by atoms with Gasteiger partial charge in [-0.05, 0) is 38.1 Å².